The summed E-state index contributed by atoms with van der Waals surface area (Å²) in [5, 5.41) is 3.23. The van der Waals surface area contributed by atoms with Gasteiger partial charge >= 0.3 is 0 Å². The van der Waals surface area contributed by atoms with Crippen molar-refractivity contribution in [3.63, 3.8) is 0 Å². The molecular weight excluding hydrogens is 114 g/mol. The molecule has 0 unspecified atom stereocenters. The van der Waals surface area contributed by atoms with Gasteiger partial charge in [0.1, 0.15) is 0 Å². The van der Waals surface area contributed by atoms with E-state index in [0.29, 0.717) is 0 Å². The standard InChI is InChI=1S/C6H11N3/c1-2-7-6-8-3-5-9(6)4-1/h1-5H2,(H,7,8). The molecule has 2 aliphatic rings. The van der Waals surface area contributed by atoms with Crippen LogP contribution in [0.4, 0.5) is 0 Å². The molecule has 2 aliphatic heterocycles. The first-order chi connectivity index (χ1) is 4.47. The second-order valence-electron chi connectivity index (χ2n) is 2.47. The topological polar surface area (TPSA) is 27.6 Å². The van der Waals surface area contributed by atoms with Gasteiger partial charge in [-0.1, -0.05) is 0 Å². The molecule has 0 bridgehead atoms. The Morgan fingerprint density at radius 2 is 2.44 bits per heavy atom. The van der Waals surface area contributed by atoms with E-state index in [2.05, 4.69) is 15.2 Å². The minimum Gasteiger partial charge on any atom is -0.354 e. The van der Waals surface area contributed by atoms with E-state index in [1.165, 1.54) is 13.0 Å². The van der Waals surface area contributed by atoms with Crippen LogP contribution in [-0.4, -0.2) is 37.0 Å². The summed E-state index contributed by atoms with van der Waals surface area (Å²) in [7, 11) is 0. The van der Waals surface area contributed by atoms with Crippen LogP contribution >= 0.6 is 0 Å². The molecule has 0 saturated carbocycles. The number of rotatable bonds is 0. The Bertz CT molecular complexity index is 141. The molecule has 9 heavy (non-hydrogen) atoms. The molecule has 1 N–H and O–H groups in total. The molecule has 0 aliphatic carbocycles. The normalized spacial score (nSPS) is 24.9. The third kappa shape index (κ3) is 0.763. The molecule has 50 valence electrons. The highest BCUT2D eigenvalue weighted by molar-refractivity contribution is 5.82. The van der Waals surface area contributed by atoms with Gasteiger partial charge in [-0.05, 0) is 6.42 Å². The molecule has 0 spiro atoms. The number of hydrogen-bond acceptors (Lipinski definition) is 3. The molecule has 0 aromatic carbocycles. The quantitative estimate of drug-likeness (QED) is 0.479. The summed E-state index contributed by atoms with van der Waals surface area (Å²) in [5.41, 5.74) is 0. The highest BCUT2D eigenvalue weighted by Gasteiger charge is 2.18. The molecular formula is C6H11N3. The van der Waals surface area contributed by atoms with Crippen molar-refractivity contribution in [2.75, 3.05) is 26.2 Å². The number of nitrogens with zero attached hydrogens (tertiary/aromatic N) is 2. The highest BCUT2D eigenvalue weighted by Crippen LogP contribution is 2.03. The van der Waals surface area contributed by atoms with E-state index in [1.807, 2.05) is 0 Å². The number of nitrogens with one attached hydrogen (secondary N) is 1. The van der Waals surface area contributed by atoms with Crippen LogP contribution in [0, 0.1) is 0 Å². The summed E-state index contributed by atoms with van der Waals surface area (Å²) in [6, 6.07) is 0. The number of fused-ring (bicyclic) bond motifs is 1. The minimum atomic E-state index is 1.01. The monoisotopic (exact) mass is 125 g/mol. The highest BCUT2D eigenvalue weighted by atomic mass is 15.4. The summed E-state index contributed by atoms with van der Waals surface area (Å²) in [6.45, 7) is 4.45. The Kier molecular flexibility index (Phi) is 1.07. The van der Waals surface area contributed by atoms with Gasteiger partial charge in [-0.25, -0.2) is 0 Å². The molecule has 3 nitrogen and oxygen atoms in total. The summed E-state index contributed by atoms with van der Waals surface area (Å²) in [6.07, 6.45) is 1.23. The second-order valence-corrected chi connectivity index (χ2v) is 2.47. The first-order valence-electron chi connectivity index (χ1n) is 3.50. The van der Waals surface area contributed by atoms with Crippen molar-refractivity contribution in [3.05, 3.63) is 0 Å². The average molecular weight is 125 g/mol. The molecule has 1 fully saturated rings. The predicted molar refractivity (Wildman–Crippen MR) is 36.5 cm³/mol. The first-order valence-corrected chi connectivity index (χ1v) is 3.50. The van der Waals surface area contributed by atoms with E-state index < -0.39 is 0 Å². The van der Waals surface area contributed by atoms with Crippen molar-refractivity contribution in [2.45, 2.75) is 6.42 Å². The summed E-state index contributed by atoms with van der Waals surface area (Å²) < 4.78 is 0. The fraction of sp³-hybridized carbons (Fsp3) is 0.833. The Hall–Kier alpha value is -0.730. The SMILES string of the molecule is C1CN=C2NCCN2C1. The van der Waals surface area contributed by atoms with E-state index in [1.54, 1.807) is 0 Å². The molecule has 0 amide bonds. The van der Waals surface area contributed by atoms with Gasteiger partial charge in [-0.3, -0.25) is 4.99 Å². The van der Waals surface area contributed by atoms with Crippen LogP contribution in [0.3, 0.4) is 0 Å². The maximum Gasteiger partial charge on any atom is 0.194 e. The lowest BCUT2D eigenvalue weighted by molar-refractivity contribution is 0.434. The van der Waals surface area contributed by atoms with E-state index in [0.717, 1.165) is 25.6 Å². The molecule has 2 heterocycles. The summed E-state index contributed by atoms with van der Waals surface area (Å²) >= 11 is 0. The molecule has 0 aromatic rings. The van der Waals surface area contributed by atoms with Crippen molar-refractivity contribution < 1.29 is 0 Å². The van der Waals surface area contributed by atoms with Crippen LogP contribution in [-0.2, 0) is 0 Å². The lowest BCUT2D eigenvalue weighted by atomic mass is 10.3. The van der Waals surface area contributed by atoms with Crippen LogP contribution in [0.15, 0.2) is 4.99 Å². The van der Waals surface area contributed by atoms with Crippen LogP contribution in [0.25, 0.3) is 0 Å². The minimum absolute atomic E-state index is 1.01. The van der Waals surface area contributed by atoms with Gasteiger partial charge in [0.25, 0.3) is 0 Å². The maximum absolute atomic E-state index is 4.32. The number of hydrogen-bond donors (Lipinski definition) is 1. The van der Waals surface area contributed by atoms with Gasteiger partial charge in [-0.2, -0.15) is 0 Å². The Balaban J connectivity index is 2.16. The zero-order chi connectivity index (χ0) is 6.10. The van der Waals surface area contributed by atoms with Gasteiger partial charge in [0.15, 0.2) is 5.96 Å². The third-order valence-electron chi connectivity index (χ3n) is 1.81. The zero-order valence-electron chi connectivity index (χ0n) is 5.43. The van der Waals surface area contributed by atoms with Crippen molar-refractivity contribution in [1.82, 2.24) is 10.2 Å². The molecule has 3 heteroatoms. The maximum atomic E-state index is 4.32. The first kappa shape index (κ1) is 5.09. The van der Waals surface area contributed by atoms with Crippen LogP contribution in [0.2, 0.25) is 0 Å². The fourth-order valence-electron chi connectivity index (χ4n) is 1.34. The lowest BCUT2D eigenvalue weighted by Crippen LogP contribution is -2.34. The smallest absolute Gasteiger partial charge is 0.194 e. The fourth-order valence-corrected chi connectivity index (χ4v) is 1.34. The molecule has 1 saturated heterocycles. The van der Waals surface area contributed by atoms with Gasteiger partial charge < -0.3 is 10.2 Å². The van der Waals surface area contributed by atoms with Gasteiger partial charge in [0.05, 0.1) is 0 Å². The van der Waals surface area contributed by atoms with Gasteiger partial charge in [0, 0.05) is 26.2 Å². The van der Waals surface area contributed by atoms with E-state index in [-0.39, 0.29) is 0 Å². The van der Waals surface area contributed by atoms with Crippen molar-refractivity contribution in [1.29, 1.82) is 0 Å². The molecule has 0 aromatic heterocycles. The lowest BCUT2D eigenvalue weighted by Gasteiger charge is -2.20. The van der Waals surface area contributed by atoms with E-state index in [9.17, 15) is 0 Å². The summed E-state index contributed by atoms with van der Waals surface area (Å²) in [5.74, 6) is 1.13. The Morgan fingerprint density at radius 1 is 1.44 bits per heavy atom. The van der Waals surface area contributed by atoms with Crippen LogP contribution in [0.1, 0.15) is 6.42 Å². The number of guanidine groups is 1. The predicted octanol–water partition coefficient (Wildman–Crippen LogP) is -0.349. The van der Waals surface area contributed by atoms with Crippen molar-refractivity contribution >= 4 is 5.96 Å². The van der Waals surface area contributed by atoms with Gasteiger partial charge in [0.2, 0.25) is 0 Å². The average Bonchev–Trinajstić information content (AvgIpc) is 2.33. The van der Waals surface area contributed by atoms with E-state index >= 15 is 0 Å². The molecule has 0 atom stereocenters. The summed E-state index contributed by atoms with van der Waals surface area (Å²) in [4.78, 5) is 6.63. The molecule has 0 radical (unpaired) electrons. The second kappa shape index (κ2) is 1.90. The van der Waals surface area contributed by atoms with Gasteiger partial charge in [-0.15, -0.1) is 0 Å². The Labute approximate surface area is 54.8 Å². The van der Waals surface area contributed by atoms with Crippen LogP contribution < -0.4 is 5.32 Å². The van der Waals surface area contributed by atoms with E-state index in [4.69, 9.17) is 0 Å². The molecule has 2 rings (SSSR count). The zero-order valence-corrected chi connectivity index (χ0v) is 5.43. The van der Waals surface area contributed by atoms with Crippen LogP contribution in [0.5, 0.6) is 0 Å². The number of aliphatic imine (C=N–C) groups is 1. The van der Waals surface area contributed by atoms with Crippen molar-refractivity contribution in [2.24, 2.45) is 4.99 Å². The van der Waals surface area contributed by atoms with Crippen molar-refractivity contribution in [3.8, 4) is 0 Å². The largest absolute Gasteiger partial charge is 0.354 e. The third-order valence-corrected chi connectivity index (χ3v) is 1.81. The Morgan fingerprint density at radius 3 is 3.33 bits per heavy atom.